The average molecular weight is 258 g/mol. The molecule has 3 rings (SSSR count). The molecule has 2 nitrogen and oxygen atoms in total. The van der Waals surface area contributed by atoms with Gasteiger partial charge in [0.2, 0.25) is 0 Å². The van der Waals surface area contributed by atoms with Crippen molar-refractivity contribution in [1.82, 2.24) is 4.57 Å². The van der Waals surface area contributed by atoms with Crippen LogP contribution in [-0.2, 0) is 0 Å². The van der Waals surface area contributed by atoms with Gasteiger partial charge in [0.25, 0.3) is 5.91 Å². The first-order chi connectivity index (χ1) is 8.58. The number of fused-ring (bicyclic) bond motifs is 1. The number of carbonyl (C=O) groups is 1. The molecule has 0 aliphatic carbocycles. The molecule has 1 aliphatic rings. The van der Waals surface area contributed by atoms with Crippen LogP contribution in [0.15, 0.2) is 30.3 Å². The van der Waals surface area contributed by atoms with Crippen LogP contribution in [0.5, 0.6) is 0 Å². The van der Waals surface area contributed by atoms with Crippen LogP contribution in [0.1, 0.15) is 27.3 Å². The maximum absolute atomic E-state index is 12.4. The van der Waals surface area contributed by atoms with E-state index < -0.39 is 0 Å². The number of nitrogens with zero attached hydrogens (tertiary/aromatic N) is 1. The van der Waals surface area contributed by atoms with Crippen molar-refractivity contribution in [1.29, 1.82) is 0 Å². The van der Waals surface area contributed by atoms with Crippen LogP contribution in [0.3, 0.4) is 0 Å². The Morgan fingerprint density at radius 1 is 1.17 bits per heavy atom. The molecule has 0 N–H and O–H groups in total. The lowest BCUT2D eigenvalue weighted by Crippen LogP contribution is -2.09. The number of rotatable bonds is 1. The van der Waals surface area contributed by atoms with E-state index in [1.807, 2.05) is 50.3 Å². The molecule has 0 fully saturated rings. The first-order valence-corrected chi connectivity index (χ1v) is 6.17. The summed E-state index contributed by atoms with van der Waals surface area (Å²) in [4.78, 5) is 12.4. The van der Waals surface area contributed by atoms with E-state index in [1.165, 1.54) is 0 Å². The molecule has 1 aromatic carbocycles. The molecule has 0 bridgehead atoms. The van der Waals surface area contributed by atoms with Gasteiger partial charge in [-0.3, -0.25) is 9.36 Å². The van der Waals surface area contributed by atoms with Gasteiger partial charge < -0.3 is 0 Å². The lowest BCUT2D eigenvalue weighted by atomic mass is 10.1. The van der Waals surface area contributed by atoms with Crippen molar-refractivity contribution < 1.29 is 4.79 Å². The molecule has 3 heteroatoms. The minimum Gasteiger partial charge on any atom is -0.281 e. The summed E-state index contributed by atoms with van der Waals surface area (Å²) in [6.07, 6.45) is 1.94. The number of hydrogen-bond donors (Lipinski definition) is 0. The van der Waals surface area contributed by atoms with Gasteiger partial charge in [0.1, 0.15) is 0 Å². The van der Waals surface area contributed by atoms with Crippen molar-refractivity contribution in [2.45, 2.75) is 13.8 Å². The molecule has 0 atom stereocenters. The number of carbonyl (C=O) groups excluding carboxylic acids is 1. The van der Waals surface area contributed by atoms with Crippen molar-refractivity contribution in [2.75, 3.05) is 0 Å². The van der Waals surface area contributed by atoms with Crippen molar-refractivity contribution in [2.24, 2.45) is 0 Å². The molecule has 90 valence electrons. The highest BCUT2D eigenvalue weighted by atomic mass is 35.5. The van der Waals surface area contributed by atoms with Crippen LogP contribution in [0.2, 0.25) is 5.02 Å². The molecule has 2 aromatic rings. The Kier molecular flexibility index (Phi) is 2.42. The average Bonchev–Trinajstić information content (AvgIpc) is 2.79. The lowest BCUT2D eigenvalue weighted by Gasteiger charge is -2.04. The van der Waals surface area contributed by atoms with Gasteiger partial charge in [-0.1, -0.05) is 23.7 Å². The summed E-state index contributed by atoms with van der Waals surface area (Å²) in [7, 11) is 0. The number of hydrogen-bond acceptors (Lipinski definition) is 1. The third-order valence-corrected chi connectivity index (χ3v) is 3.51. The molecule has 0 unspecified atom stereocenters. The fraction of sp³-hybridized carbons (Fsp3) is 0.133. The van der Waals surface area contributed by atoms with Crippen LogP contribution in [0.25, 0.3) is 11.6 Å². The van der Waals surface area contributed by atoms with Crippen molar-refractivity contribution >= 4 is 29.2 Å². The molecule has 1 aromatic heterocycles. The SMILES string of the molecule is Cc1cc(C)n2c1C=C(c1cccc(Cl)c1)C2=O. The maximum Gasteiger partial charge on any atom is 0.263 e. The Morgan fingerprint density at radius 2 is 1.94 bits per heavy atom. The second-order valence-corrected chi connectivity index (χ2v) is 5.00. The monoisotopic (exact) mass is 257 g/mol. The summed E-state index contributed by atoms with van der Waals surface area (Å²) >= 11 is 5.97. The molecule has 2 heterocycles. The fourth-order valence-electron chi connectivity index (χ4n) is 2.45. The summed E-state index contributed by atoms with van der Waals surface area (Å²) in [6.45, 7) is 3.96. The molecule has 0 radical (unpaired) electrons. The first kappa shape index (κ1) is 11.3. The smallest absolute Gasteiger partial charge is 0.263 e. The Hall–Kier alpha value is -1.80. The van der Waals surface area contributed by atoms with Crippen LogP contribution >= 0.6 is 11.6 Å². The topological polar surface area (TPSA) is 22.0 Å². The van der Waals surface area contributed by atoms with Gasteiger partial charge in [-0.15, -0.1) is 0 Å². The first-order valence-electron chi connectivity index (χ1n) is 5.79. The highest BCUT2D eigenvalue weighted by Crippen LogP contribution is 2.32. The molecule has 0 spiro atoms. The zero-order chi connectivity index (χ0) is 12.9. The number of aromatic nitrogens is 1. The van der Waals surface area contributed by atoms with E-state index in [9.17, 15) is 4.79 Å². The summed E-state index contributed by atoms with van der Waals surface area (Å²) in [5.74, 6) is 0.0258. The van der Waals surface area contributed by atoms with E-state index in [-0.39, 0.29) is 5.91 Å². The minimum atomic E-state index is 0.0258. The summed E-state index contributed by atoms with van der Waals surface area (Å²) in [6, 6.07) is 9.43. The van der Waals surface area contributed by atoms with Crippen LogP contribution in [0, 0.1) is 13.8 Å². The molecule has 18 heavy (non-hydrogen) atoms. The predicted molar refractivity (Wildman–Crippen MR) is 73.9 cm³/mol. The number of halogens is 1. The molecule has 0 saturated heterocycles. The Morgan fingerprint density at radius 3 is 2.61 bits per heavy atom. The number of aryl methyl sites for hydroxylation is 2. The molecular formula is C15H12ClNO. The van der Waals surface area contributed by atoms with E-state index in [4.69, 9.17) is 11.6 Å². The summed E-state index contributed by atoms with van der Waals surface area (Å²) < 4.78 is 1.76. The third kappa shape index (κ3) is 1.53. The zero-order valence-corrected chi connectivity index (χ0v) is 11.0. The highest BCUT2D eigenvalue weighted by molar-refractivity contribution is 6.32. The molecule has 1 aliphatic heterocycles. The largest absolute Gasteiger partial charge is 0.281 e. The Labute approximate surface area is 111 Å². The summed E-state index contributed by atoms with van der Waals surface area (Å²) in [5, 5.41) is 0.645. The number of benzene rings is 1. The number of allylic oxidation sites excluding steroid dienone is 1. The van der Waals surface area contributed by atoms with Gasteiger partial charge in [-0.05, 0) is 49.2 Å². The van der Waals surface area contributed by atoms with Crippen LogP contribution < -0.4 is 0 Å². The fourth-order valence-corrected chi connectivity index (χ4v) is 2.64. The van der Waals surface area contributed by atoms with Crippen molar-refractivity contribution in [3.8, 4) is 0 Å². The van der Waals surface area contributed by atoms with E-state index in [0.717, 1.165) is 22.5 Å². The van der Waals surface area contributed by atoms with Crippen molar-refractivity contribution in [3.63, 3.8) is 0 Å². The van der Waals surface area contributed by atoms with Gasteiger partial charge in [0.05, 0.1) is 5.69 Å². The molecule has 0 amide bonds. The quantitative estimate of drug-likeness (QED) is 0.758. The molecule has 0 saturated carbocycles. The Balaban J connectivity index is 2.15. The standard InChI is InChI=1S/C15H12ClNO/c1-9-6-10(2)17-14(9)8-13(15(17)18)11-4-3-5-12(16)7-11/h3-8H,1-2H3. The van der Waals surface area contributed by atoms with Gasteiger partial charge in [-0.25, -0.2) is 0 Å². The van der Waals surface area contributed by atoms with Gasteiger partial charge in [-0.2, -0.15) is 0 Å². The lowest BCUT2D eigenvalue weighted by molar-refractivity contribution is 0.0982. The van der Waals surface area contributed by atoms with Gasteiger partial charge >= 0.3 is 0 Å². The zero-order valence-electron chi connectivity index (χ0n) is 10.2. The van der Waals surface area contributed by atoms with E-state index in [2.05, 4.69) is 0 Å². The predicted octanol–water partition coefficient (Wildman–Crippen LogP) is 3.95. The van der Waals surface area contributed by atoms with Gasteiger partial charge in [0.15, 0.2) is 0 Å². The molecular weight excluding hydrogens is 246 g/mol. The van der Waals surface area contributed by atoms with Crippen molar-refractivity contribution in [3.05, 3.63) is 57.9 Å². The van der Waals surface area contributed by atoms with Gasteiger partial charge in [0, 0.05) is 16.3 Å². The second-order valence-electron chi connectivity index (χ2n) is 4.56. The van der Waals surface area contributed by atoms with E-state index in [0.29, 0.717) is 10.6 Å². The van der Waals surface area contributed by atoms with Crippen LogP contribution in [0.4, 0.5) is 0 Å². The van der Waals surface area contributed by atoms with E-state index in [1.54, 1.807) is 4.57 Å². The Bertz CT molecular complexity index is 695. The minimum absolute atomic E-state index is 0.0258. The third-order valence-electron chi connectivity index (χ3n) is 3.27. The van der Waals surface area contributed by atoms with E-state index >= 15 is 0 Å². The second kappa shape index (κ2) is 3.85. The van der Waals surface area contributed by atoms with Crippen LogP contribution in [-0.4, -0.2) is 10.5 Å². The maximum atomic E-state index is 12.4. The highest BCUT2D eigenvalue weighted by Gasteiger charge is 2.26. The normalized spacial score (nSPS) is 13.7. The summed E-state index contributed by atoms with van der Waals surface area (Å²) in [5.41, 5.74) is 4.65.